The number of ether oxygens (including phenoxy) is 1. The predicted octanol–water partition coefficient (Wildman–Crippen LogP) is 3.16. The SMILES string of the molecule is COC(C(N)c1ccc(F)c(F)c1F)C(C)(C)C. The second-order valence-electron chi connectivity index (χ2n) is 5.31. The molecular formula is C13H18F3NO. The van der Waals surface area contributed by atoms with Crippen molar-refractivity contribution in [1.82, 2.24) is 0 Å². The zero-order valence-electron chi connectivity index (χ0n) is 10.9. The summed E-state index contributed by atoms with van der Waals surface area (Å²) in [7, 11) is 1.45. The lowest BCUT2D eigenvalue weighted by atomic mass is 9.82. The quantitative estimate of drug-likeness (QED) is 0.848. The fourth-order valence-electron chi connectivity index (χ4n) is 2.00. The van der Waals surface area contributed by atoms with Gasteiger partial charge in [0.05, 0.1) is 12.1 Å². The molecule has 0 aliphatic rings. The molecule has 2 atom stereocenters. The van der Waals surface area contributed by atoms with Gasteiger partial charge in [-0.2, -0.15) is 0 Å². The van der Waals surface area contributed by atoms with Crippen molar-refractivity contribution in [3.05, 3.63) is 35.1 Å². The van der Waals surface area contributed by atoms with Gasteiger partial charge >= 0.3 is 0 Å². The van der Waals surface area contributed by atoms with Crippen LogP contribution in [0.2, 0.25) is 0 Å². The van der Waals surface area contributed by atoms with E-state index in [-0.39, 0.29) is 11.0 Å². The van der Waals surface area contributed by atoms with Gasteiger partial charge < -0.3 is 10.5 Å². The van der Waals surface area contributed by atoms with Crippen molar-refractivity contribution in [3.8, 4) is 0 Å². The maximum atomic E-state index is 13.6. The summed E-state index contributed by atoms with van der Waals surface area (Å²) in [5.74, 6) is -3.99. The molecule has 0 aliphatic carbocycles. The summed E-state index contributed by atoms with van der Waals surface area (Å²) in [6.07, 6.45) is -0.517. The third-order valence-corrected chi connectivity index (χ3v) is 2.86. The van der Waals surface area contributed by atoms with Crippen LogP contribution in [0, 0.1) is 22.9 Å². The van der Waals surface area contributed by atoms with Crippen LogP contribution in [0.4, 0.5) is 13.2 Å². The molecule has 2 N–H and O–H groups in total. The van der Waals surface area contributed by atoms with Crippen LogP contribution < -0.4 is 5.73 Å². The maximum Gasteiger partial charge on any atom is 0.194 e. The van der Waals surface area contributed by atoms with Crippen molar-refractivity contribution < 1.29 is 17.9 Å². The molecule has 0 saturated carbocycles. The Kier molecular flexibility index (Phi) is 4.40. The fraction of sp³-hybridized carbons (Fsp3) is 0.538. The summed E-state index contributed by atoms with van der Waals surface area (Å²) in [5, 5.41) is 0. The molecule has 0 aromatic heterocycles. The van der Waals surface area contributed by atoms with E-state index in [1.807, 2.05) is 20.8 Å². The van der Waals surface area contributed by atoms with Crippen molar-refractivity contribution in [2.75, 3.05) is 7.11 Å². The molecular weight excluding hydrogens is 243 g/mol. The van der Waals surface area contributed by atoms with Gasteiger partial charge in [0, 0.05) is 12.7 Å². The van der Waals surface area contributed by atoms with Gasteiger partial charge in [0.2, 0.25) is 0 Å². The van der Waals surface area contributed by atoms with E-state index in [0.717, 1.165) is 12.1 Å². The van der Waals surface area contributed by atoms with E-state index in [2.05, 4.69) is 0 Å². The molecule has 0 amide bonds. The molecule has 0 saturated heterocycles. The number of nitrogens with two attached hydrogens (primary N) is 1. The van der Waals surface area contributed by atoms with Gasteiger partial charge in [-0.3, -0.25) is 0 Å². The third-order valence-electron chi connectivity index (χ3n) is 2.86. The molecule has 18 heavy (non-hydrogen) atoms. The van der Waals surface area contributed by atoms with E-state index >= 15 is 0 Å². The standard InChI is InChI=1S/C13H18F3NO/c1-13(2,3)12(18-4)11(17)7-5-6-8(14)10(16)9(7)15/h5-6,11-12H,17H2,1-4H3. The number of halogens is 3. The third kappa shape index (κ3) is 2.84. The van der Waals surface area contributed by atoms with Crippen LogP contribution in [0.3, 0.4) is 0 Å². The molecule has 0 radical (unpaired) electrons. The van der Waals surface area contributed by atoms with Gasteiger partial charge in [-0.05, 0) is 11.5 Å². The second-order valence-corrected chi connectivity index (χ2v) is 5.31. The number of hydrogen-bond acceptors (Lipinski definition) is 2. The zero-order chi connectivity index (χ0) is 14.1. The fourth-order valence-corrected chi connectivity index (χ4v) is 2.00. The highest BCUT2D eigenvalue weighted by atomic mass is 19.2. The average molecular weight is 261 g/mol. The van der Waals surface area contributed by atoms with Gasteiger partial charge in [0.25, 0.3) is 0 Å². The Morgan fingerprint density at radius 1 is 1.11 bits per heavy atom. The predicted molar refractivity (Wildman–Crippen MR) is 63.5 cm³/mol. The van der Waals surface area contributed by atoms with Crippen LogP contribution in [0.25, 0.3) is 0 Å². The Balaban J connectivity index is 3.18. The first-order valence-corrected chi connectivity index (χ1v) is 5.62. The molecule has 1 rings (SSSR count). The highest BCUT2D eigenvalue weighted by Crippen LogP contribution is 2.32. The van der Waals surface area contributed by atoms with Crippen molar-refractivity contribution >= 4 is 0 Å². The normalized spacial score (nSPS) is 15.6. The maximum absolute atomic E-state index is 13.6. The van der Waals surface area contributed by atoms with E-state index < -0.39 is 29.6 Å². The summed E-state index contributed by atoms with van der Waals surface area (Å²) < 4.78 is 44.9. The number of methoxy groups -OCH3 is 1. The minimum atomic E-state index is -1.51. The van der Waals surface area contributed by atoms with Crippen LogP contribution in [-0.4, -0.2) is 13.2 Å². The molecule has 5 heteroatoms. The summed E-state index contributed by atoms with van der Waals surface area (Å²) in [4.78, 5) is 0. The Labute approximate surface area is 105 Å². The lowest BCUT2D eigenvalue weighted by Gasteiger charge is -2.34. The first-order valence-electron chi connectivity index (χ1n) is 5.62. The van der Waals surface area contributed by atoms with Crippen molar-refractivity contribution in [1.29, 1.82) is 0 Å². The molecule has 0 spiro atoms. The minimum absolute atomic E-state index is 0.0873. The van der Waals surface area contributed by atoms with Crippen LogP contribution >= 0.6 is 0 Å². The van der Waals surface area contributed by atoms with Gasteiger partial charge in [-0.1, -0.05) is 26.8 Å². The lowest BCUT2D eigenvalue weighted by molar-refractivity contribution is -0.00331. The molecule has 1 aromatic rings. The lowest BCUT2D eigenvalue weighted by Crippen LogP contribution is -2.39. The van der Waals surface area contributed by atoms with Crippen molar-refractivity contribution in [3.63, 3.8) is 0 Å². The Bertz CT molecular complexity index is 429. The molecule has 2 unspecified atom stereocenters. The van der Waals surface area contributed by atoms with E-state index in [0.29, 0.717) is 0 Å². The van der Waals surface area contributed by atoms with Gasteiger partial charge in [-0.15, -0.1) is 0 Å². The Morgan fingerprint density at radius 2 is 1.67 bits per heavy atom. The summed E-state index contributed by atoms with van der Waals surface area (Å²) in [6, 6.07) is 1.14. The van der Waals surface area contributed by atoms with Gasteiger partial charge in [0.1, 0.15) is 0 Å². The van der Waals surface area contributed by atoms with Crippen LogP contribution in [-0.2, 0) is 4.74 Å². The monoisotopic (exact) mass is 261 g/mol. The first kappa shape index (κ1) is 15.0. The largest absolute Gasteiger partial charge is 0.379 e. The summed E-state index contributed by atoms with van der Waals surface area (Å²) in [5.41, 5.74) is 5.46. The molecule has 0 aliphatic heterocycles. The zero-order valence-corrected chi connectivity index (χ0v) is 10.9. The number of rotatable bonds is 3. The highest BCUT2D eigenvalue weighted by molar-refractivity contribution is 5.24. The Hall–Kier alpha value is -1.07. The summed E-state index contributed by atoms with van der Waals surface area (Å²) >= 11 is 0. The molecule has 2 nitrogen and oxygen atoms in total. The minimum Gasteiger partial charge on any atom is -0.379 e. The smallest absolute Gasteiger partial charge is 0.194 e. The number of hydrogen-bond donors (Lipinski definition) is 1. The molecule has 0 heterocycles. The van der Waals surface area contributed by atoms with Crippen molar-refractivity contribution in [2.45, 2.75) is 32.9 Å². The van der Waals surface area contributed by atoms with Gasteiger partial charge in [0.15, 0.2) is 17.5 Å². The van der Waals surface area contributed by atoms with Crippen LogP contribution in [0.5, 0.6) is 0 Å². The van der Waals surface area contributed by atoms with Crippen molar-refractivity contribution in [2.24, 2.45) is 11.1 Å². The second kappa shape index (κ2) is 5.28. The molecule has 0 bridgehead atoms. The average Bonchev–Trinajstić information content (AvgIpc) is 2.25. The van der Waals surface area contributed by atoms with Crippen LogP contribution in [0.15, 0.2) is 12.1 Å². The molecule has 102 valence electrons. The topological polar surface area (TPSA) is 35.2 Å². The molecule has 0 fully saturated rings. The van der Waals surface area contributed by atoms with E-state index in [4.69, 9.17) is 10.5 Å². The highest BCUT2D eigenvalue weighted by Gasteiger charge is 2.33. The van der Waals surface area contributed by atoms with E-state index in [1.165, 1.54) is 7.11 Å². The number of benzene rings is 1. The van der Waals surface area contributed by atoms with Gasteiger partial charge in [-0.25, -0.2) is 13.2 Å². The van der Waals surface area contributed by atoms with E-state index in [1.54, 1.807) is 0 Å². The molecule has 1 aromatic carbocycles. The van der Waals surface area contributed by atoms with Crippen LogP contribution in [0.1, 0.15) is 32.4 Å². The summed E-state index contributed by atoms with van der Waals surface area (Å²) in [6.45, 7) is 5.62. The Morgan fingerprint density at radius 3 is 2.11 bits per heavy atom. The van der Waals surface area contributed by atoms with E-state index in [9.17, 15) is 13.2 Å². The first-order chi connectivity index (χ1) is 8.20.